The predicted molar refractivity (Wildman–Crippen MR) is 121 cm³/mol. The lowest BCUT2D eigenvalue weighted by Gasteiger charge is -2.27. The van der Waals surface area contributed by atoms with Gasteiger partial charge >= 0.3 is 0 Å². The van der Waals surface area contributed by atoms with Gasteiger partial charge in [0.05, 0.1) is 11.0 Å². The largest absolute Gasteiger partial charge is 0.382 e. The van der Waals surface area contributed by atoms with E-state index in [1.807, 2.05) is 18.2 Å². The van der Waals surface area contributed by atoms with Crippen molar-refractivity contribution in [2.24, 2.45) is 0 Å². The summed E-state index contributed by atoms with van der Waals surface area (Å²) in [5, 5.41) is 23.1. The Balaban J connectivity index is 1.55. The number of anilines is 1. The van der Waals surface area contributed by atoms with E-state index in [1.54, 1.807) is 6.07 Å². The van der Waals surface area contributed by atoms with Gasteiger partial charge in [-0.25, -0.2) is 4.98 Å². The van der Waals surface area contributed by atoms with Crippen LogP contribution in [-0.4, -0.2) is 39.0 Å². The number of hydrogen-bond donors (Lipinski definition) is 3. The molecule has 0 unspecified atom stereocenters. The monoisotopic (exact) mass is 421 g/mol. The Morgan fingerprint density at radius 3 is 2.71 bits per heavy atom. The summed E-state index contributed by atoms with van der Waals surface area (Å²) in [5.74, 6) is 1.08. The molecular weight excluding hydrogens is 390 g/mol. The van der Waals surface area contributed by atoms with Crippen LogP contribution in [0.1, 0.15) is 61.0 Å². The van der Waals surface area contributed by atoms with Crippen molar-refractivity contribution in [2.75, 3.05) is 18.5 Å². The van der Waals surface area contributed by atoms with Crippen molar-refractivity contribution >= 4 is 16.7 Å². The Morgan fingerprint density at radius 1 is 1.10 bits per heavy atom. The molecule has 1 atom stereocenters. The molecule has 6 heteroatoms. The molecular formula is C25H31N3O3. The number of nitrogens with one attached hydrogen (secondary N) is 1. The van der Waals surface area contributed by atoms with E-state index < -0.39 is 6.29 Å². The van der Waals surface area contributed by atoms with Gasteiger partial charge in [-0.3, -0.25) is 0 Å². The topological polar surface area (TPSA) is 79.5 Å². The summed E-state index contributed by atoms with van der Waals surface area (Å²) < 4.78 is 8.06. The van der Waals surface area contributed by atoms with Crippen LogP contribution in [0, 0.1) is 0 Å². The fourth-order valence-electron chi connectivity index (χ4n) is 5.14. The number of ether oxygens (including phenoxy) is 1. The van der Waals surface area contributed by atoms with E-state index in [4.69, 9.17) is 9.72 Å². The average Bonchev–Trinajstić information content (AvgIpc) is 3.17. The minimum atomic E-state index is -1.45. The van der Waals surface area contributed by atoms with Crippen molar-refractivity contribution in [2.45, 2.75) is 63.8 Å². The third-order valence-electron chi connectivity index (χ3n) is 6.78. The van der Waals surface area contributed by atoms with E-state index in [9.17, 15) is 10.2 Å². The van der Waals surface area contributed by atoms with Crippen LogP contribution in [0.4, 0.5) is 5.69 Å². The van der Waals surface area contributed by atoms with Gasteiger partial charge in [-0.1, -0.05) is 24.3 Å². The maximum Gasteiger partial charge on any atom is 0.178 e. The van der Waals surface area contributed by atoms with E-state index in [0.717, 1.165) is 68.6 Å². The zero-order valence-electron chi connectivity index (χ0n) is 18.1. The van der Waals surface area contributed by atoms with Crippen LogP contribution in [0.2, 0.25) is 0 Å². The second-order valence-electron chi connectivity index (χ2n) is 8.86. The number of aryl methyl sites for hydroxylation is 3. The highest BCUT2D eigenvalue weighted by molar-refractivity contribution is 5.86. The Hall–Kier alpha value is -2.41. The molecule has 0 amide bonds. The van der Waals surface area contributed by atoms with Crippen LogP contribution in [-0.2, 0) is 24.0 Å². The van der Waals surface area contributed by atoms with Gasteiger partial charge in [-0.05, 0) is 56.7 Å². The molecule has 0 spiro atoms. The molecule has 3 heterocycles. The average molecular weight is 422 g/mol. The molecule has 2 aromatic carbocycles. The molecule has 1 aromatic heterocycles. The molecule has 5 rings (SSSR count). The minimum Gasteiger partial charge on any atom is -0.382 e. The maximum atomic E-state index is 9.74. The van der Waals surface area contributed by atoms with Gasteiger partial charge in [0.1, 0.15) is 5.82 Å². The quantitative estimate of drug-likeness (QED) is 0.545. The normalized spacial score (nSPS) is 19.5. The van der Waals surface area contributed by atoms with Gasteiger partial charge in [0.25, 0.3) is 0 Å². The lowest BCUT2D eigenvalue weighted by Crippen LogP contribution is -2.22. The molecule has 0 bridgehead atoms. The molecule has 0 radical (unpaired) electrons. The third-order valence-corrected chi connectivity index (χ3v) is 6.78. The van der Waals surface area contributed by atoms with Gasteiger partial charge in [0, 0.05) is 48.5 Å². The summed E-state index contributed by atoms with van der Waals surface area (Å²) in [4.78, 5) is 5.17. The highest BCUT2D eigenvalue weighted by Crippen LogP contribution is 2.35. The first-order valence-electron chi connectivity index (χ1n) is 11.4. The van der Waals surface area contributed by atoms with Crippen LogP contribution < -0.4 is 5.32 Å². The van der Waals surface area contributed by atoms with Crippen molar-refractivity contribution in [3.8, 4) is 0 Å². The minimum absolute atomic E-state index is 0.390. The molecule has 0 aliphatic carbocycles. The molecule has 31 heavy (non-hydrogen) atoms. The van der Waals surface area contributed by atoms with Gasteiger partial charge < -0.3 is 24.8 Å². The summed E-state index contributed by atoms with van der Waals surface area (Å²) >= 11 is 0. The SMILES string of the molecule is C[C@H]1CCc2c(ccc3c2nc(CCc2ccccc2C(O)O)n3C2CCOCC2)N1. The van der Waals surface area contributed by atoms with Crippen molar-refractivity contribution in [1.29, 1.82) is 0 Å². The zero-order chi connectivity index (χ0) is 21.4. The smallest absolute Gasteiger partial charge is 0.178 e. The summed E-state index contributed by atoms with van der Waals surface area (Å²) in [6, 6.07) is 12.9. The highest BCUT2D eigenvalue weighted by Gasteiger charge is 2.25. The number of nitrogens with zero attached hydrogens (tertiary/aromatic N) is 2. The Morgan fingerprint density at radius 2 is 1.90 bits per heavy atom. The second kappa shape index (κ2) is 8.61. The number of benzene rings is 2. The Labute approximate surface area is 182 Å². The van der Waals surface area contributed by atoms with Crippen molar-refractivity contribution in [3.63, 3.8) is 0 Å². The van der Waals surface area contributed by atoms with Crippen LogP contribution in [0.5, 0.6) is 0 Å². The number of aliphatic hydroxyl groups excluding tert-OH is 1. The van der Waals surface area contributed by atoms with Crippen LogP contribution in [0.25, 0.3) is 11.0 Å². The lowest BCUT2D eigenvalue weighted by molar-refractivity contribution is -0.0431. The predicted octanol–water partition coefficient (Wildman–Crippen LogP) is 3.90. The van der Waals surface area contributed by atoms with Gasteiger partial charge in [0.15, 0.2) is 6.29 Å². The van der Waals surface area contributed by atoms with E-state index in [2.05, 4.69) is 28.9 Å². The first-order valence-corrected chi connectivity index (χ1v) is 11.4. The summed E-state index contributed by atoms with van der Waals surface area (Å²) in [7, 11) is 0. The standard InChI is InChI=1S/C25H31N3O3/c1-16-6-8-20-21(26-16)9-10-22-24(20)27-23(28(22)18-12-14-31-15-13-18)11-7-17-4-2-3-5-19(17)25(29)30/h2-5,9-10,16,18,25-26,29-30H,6-8,11-15H2,1H3/t16-/m0/s1. The number of hydrogen-bond acceptors (Lipinski definition) is 5. The zero-order valence-corrected chi connectivity index (χ0v) is 18.1. The Kier molecular flexibility index (Phi) is 5.69. The van der Waals surface area contributed by atoms with Crippen molar-refractivity contribution in [1.82, 2.24) is 9.55 Å². The second-order valence-corrected chi connectivity index (χ2v) is 8.86. The molecule has 2 aliphatic rings. The van der Waals surface area contributed by atoms with Crippen LogP contribution in [0.15, 0.2) is 36.4 Å². The van der Waals surface area contributed by atoms with Gasteiger partial charge in [-0.15, -0.1) is 0 Å². The first kappa shape index (κ1) is 20.5. The fourth-order valence-corrected chi connectivity index (χ4v) is 5.14. The number of aliphatic hydroxyl groups is 2. The van der Waals surface area contributed by atoms with E-state index >= 15 is 0 Å². The van der Waals surface area contributed by atoms with E-state index in [0.29, 0.717) is 17.6 Å². The molecule has 1 fully saturated rings. The maximum absolute atomic E-state index is 9.74. The number of imidazole rings is 1. The van der Waals surface area contributed by atoms with Crippen LogP contribution >= 0.6 is 0 Å². The summed E-state index contributed by atoms with van der Waals surface area (Å²) in [6.45, 7) is 3.80. The van der Waals surface area contributed by atoms with Crippen molar-refractivity contribution in [3.05, 3.63) is 58.9 Å². The molecule has 3 aromatic rings. The van der Waals surface area contributed by atoms with Gasteiger partial charge in [-0.2, -0.15) is 0 Å². The highest BCUT2D eigenvalue weighted by atomic mass is 16.5. The Bertz CT molecular complexity index is 1070. The summed E-state index contributed by atoms with van der Waals surface area (Å²) in [6.07, 6.45) is 4.18. The number of rotatable bonds is 5. The third kappa shape index (κ3) is 3.95. The van der Waals surface area contributed by atoms with Crippen LogP contribution in [0.3, 0.4) is 0 Å². The molecule has 3 N–H and O–H groups in total. The lowest BCUT2D eigenvalue weighted by atomic mass is 9.97. The van der Waals surface area contributed by atoms with Crippen molar-refractivity contribution < 1.29 is 14.9 Å². The molecule has 2 aliphatic heterocycles. The van der Waals surface area contributed by atoms with E-state index in [1.165, 1.54) is 16.8 Å². The molecule has 0 saturated carbocycles. The van der Waals surface area contributed by atoms with Gasteiger partial charge in [0.2, 0.25) is 0 Å². The molecule has 1 saturated heterocycles. The number of fused-ring (bicyclic) bond motifs is 3. The molecule has 6 nitrogen and oxygen atoms in total. The molecule has 164 valence electrons. The number of aromatic nitrogens is 2. The summed E-state index contributed by atoms with van der Waals surface area (Å²) in [5.41, 5.74) is 6.41. The first-order chi connectivity index (χ1) is 15.1. The van der Waals surface area contributed by atoms with E-state index in [-0.39, 0.29) is 0 Å². The fraction of sp³-hybridized carbons (Fsp3) is 0.480.